The van der Waals surface area contributed by atoms with Gasteiger partial charge < -0.3 is 9.47 Å². The Hall–Kier alpha value is -2.14. The maximum atomic E-state index is 12.0. The van der Waals surface area contributed by atoms with E-state index in [1.54, 1.807) is 30.1 Å². The average molecular weight is 274 g/mol. The van der Waals surface area contributed by atoms with Gasteiger partial charge in [0.1, 0.15) is 6.10 Å². The van der Waals surface area contributed by atoms with Gasteiger partial charge in [0.05, 0.1) is 18.7 Å². The van der Waals surface area contributed by atoms with E-state index in [9.17, 15) is 4.79 Å². The van der Waals surface area contributed by atoms with E-state index in [0.717, 1.165) is 5.56 Å². The van der Waals surface area contributed by atoms with E-state index in [0.29, 0.717) is 18.7 Å². The Kier molecular flexibility index (Phi) is 4.90. The van der Waals surface area contributed by atoms with Gasteiger partial charge >= 0.3 is 5.97 Å². The van der Waals surface area contributed by atoms with E-state index in [4.69, 9.17) is 9.47 Å². The number of rotatable bonds is 6. The van der Waals surface area contributed by atoms with E-state index >= 15 is 0 Å². The number of nitrogens with zero attached hydrogens (tertiary/aromatic N) is 2. The van der Waals surface area contributed by atoms with Crippen LogP contribution in [0.25, 0.3) is 0 Å². The predicted octanol–water partition coefficient (Wildman–Crippen LogP) is 2.28. The fourth-order valence-corrected chi connectivity index (χ4v) is 1.86. The van der Waals surface area contributed by atoms with Crippen molar-refractivity contribution in [3.05, 3.63) is 53.9 Å². The number of hydrogen-bond donors (Lipinski definition) is 0. The number of carbonyl (C=O) groups excluding carboxylic acids is 1. The molecule has 0 unspecified atom stereocenters. The van der Waals surface area contributed by atoms with Gasteiger partial charge in [-0.2, -0.15) is 5.10 Å². The highest BCUT2D eigenvalue weighted by Crippen LogP contribution is 2.09. The molecular weight excluding hydrogens is 256 g/mol. The lowest BCUT2D eigenvalue weighted by molar-refractivity contribution is 0.0299. The molecule has 1 aromatic carbocycles. The summed E-state index contributed by atoms with van der Waals surface area (Å²) in [5, 5.41) is 4.08. The summed E-state index contributed by atoms with van der Waals surface area (Å²) in [6.45, 7) is 2.92. The zero-order valence-corrected chi connectivity index (χ0v) is 11.7. The molecule has 1 heterocycles. The van der Waals surface area contributed by atoms with Crippen LogP contribution in [0, 0.1) is 0 Å². The molecule has 0 fully saturated rings. The Labute approximate surface area is 118 Å². The van der Waals surface area contributed by atoms with Crippen LogP contribution in [0.2, 0.25) is 0 Å². The van der Waals surface area contributed by atoms with Gasteiger partial charge in [-0.15, -0.1) is 0 Å². The minimum atomic E-state index is -0.325. The average Bonchev–Trinajstić information content (AvgIpc) is 2.92. The monoisotopic (exact) mass is 274 g/mol. The van der Waals surface area contributed by atoms with Gasteiger partial charge in [0.25, 0.3) is 0 Å². The molecule has 1 atom stereocenters. The highest BCUT2D eigenvalue weighted by Gasteiger charge is 2.12. The minimum absolute atomic E-state index is 0.235. The third-order valence-corrected chi connectivity index (χ3v) is 2.81. The minimum Gasteiger partial charge on any atom is -0.457 e. The number of carbonyl (C=O) groups is 1. The molecule has 0 spiro atoms. The van der Waals surface area contributed by atoms with Crippen LogP contribution in [0.3, 0.4) is 0 Å². The third-order valence-electron chi connectivity index (χ3n) is 2.81. The summed E-state index contributed by atoms with van der Waals surface area (Å²) in [7, 11) is 1.64. The molecule has 1 aromatic heterocycles. The second kappa shape index (κ2) is 6.86. The second-order valence-corrected chi connectivity index (χ2v) is 4.57. The number of hydrogen-bond acceptors (Lipinski definition) is 4. The lowest BCUT2D eigenvalue weighted by atomic mass is 10.1. The van der Waals surface area contributed by atoms with Crippen molar-refractivity contribution in [3.8, 4) is 0 Å². The summed E-state index contributed by atoms with van der Waals surface area (Å²) in [6.07, 6.45) is 3.30. The van der Waals surface area contributed by atoms with Crippen molar-refractivity contribution in [1.82, 2.24) is 9.78 Å². The lowest BCUT2D eigenvalue weighted by Gasteiger charge is -2.13. The molecule has 0 bridgehead atoms. The first-order chi connectivity index (χ1) is 9.69. The SMILES string of the molecule is COCc1ccc(C(=O)O[C@@H](C)Cn2cccn2)cc1. The molecule has 0 saturated carbocycles. The molecule has 0 radical (unpaired) electrons. The van der Waals surface area contributed by atoms with Gasteiger partial charge in [0, 0.05) is 19.5 Å². The molecule has 0 aliphatic carbocycles. The van der Waals surface area contributed by atoms with Crippen LogP contribution < -0.4 is 0 Å². The maximum absolute atomic E-state index is 12.0. The van der Waals surface area contributed by atoms with Gasteiger partial charge in [-0.25, -0.2) is 4.79 Å². The first-order valence-electron chi connectivity index (χ1n) is 6.45. The van der Waals surface area contributed by atoms with Crippen LogP contribution in [-0.4, -0.2) is 29.0 Å². The predicted molar refractivity (Wildman–Crippen MR) is 74.3 cm³/mol. The summed E-state index contributed by atoms with van der Waals surface area (Å²) in [5.74, 6) is -0.325. The molecular formula is C15H18N2O3. The zero-order chi connectivity index (χ0) is 14.4. The standard InChI is InChI=1S/C15H18N2O3/c1-12(10-17-9-3-8-16-17)20-15(18)14-6-4-13(5-7-14)11-19-2/h3-9,12H,10-11H2,1-2H3/t12-/m0/s1. The van der Waals surface area contributed by atoms with E-state index in [2.05, 4.69) is 5.10 Å². The zero-order valence-electron chi connectivity index (χ0n) is 11.7. The molecule has 106 valence electrons. The normalized spacial score (nSPS) is 12.1. The number of aromatic nitrogens is 2. The third kappa shape index (κ3) is 3.93. The number of benzene rings is 1. The van der Waals surface area contributed by atoms with Crippen molar-refractivity contribution < 1.29 is 14.3 Å². The summed E-state index contributed by atoms with van der Waals surface area (Å²) in [5.41, 5.74) is 1.56. The second-order valence-electron chi connectivity index (χ2n) is 4.57. The molecule has 0 amide bonds. The van der Waals surface area contributed by atoms with Crippen LogP contribution in [0.1, 0.15) is 22.8 Å². The van der Waals surface area contributed by atoms with Crippen LogP contribution in [-0.2, 0) is 22.6 Å². The Morgan fingerprint density at radius 3 is 2.70 bits per heavy atom. The molecule has 0 aliphatic rings. The molecule has 5 heteroatoms. The molecule has 2 rings (SSSR count). The quantitative estimate of drug-likeness (QED) is 0.758. The Bertz CT molecular complexity index is 535. The fourth-order valence-electron chi connectivity index (χ4n) is 1.86. The van der Waals surface area contributed by atoms with E-state index < -0.39 is 0 Å². The van der Waals surface area contributed by atoms with Crippen molar-refractivity contribution in [2.75, 3.05) is 7.11 Å². The Morgan fingerprint density at radius 2 is 2.10 bits per heavy atom. The fraction of sp³-hybridized carbons (Fsp3) is 0.333. The molecule has 0 saturated heterocycles. The van der Waals surface area contributed by atoms with E-state index in [1.165, 1.54) is 0 Å². The number of ether oxygens (including phenoxy) is 2. The van der Waals surface area contributed by atoms with Gasteiger partial charge in [-0.05, 0) is 30.7 Å². The first-order valence-corrected chi connectivity index (χ1v) is 6.45. The van der Waals surface area contributed by atoms with Gasteiger partial charge in [-0.1, -0.05) is 12.1 Å². The van der Waals surface area contributed by atoms with Crippen molar-refractivity contribution in [1.29, 1.82) is 0 Å². The smallest absolute Gasteiger partial charge is 0.338 e. The summed E-state index contributed by atoms with van der Waals surface area (Å²) >= 11 is 0. The van der Waals surface area contributed by atoms with Crippen molar-refractivity contribution in [3.63, 3.8) is 0 Å². The summed E-state index contributed by atoms with van der Waals surface area (Å²) < 4.78 is 12.1. The highest BCUT2D eigenvalue weighted by molar-refractivity contribution is 5.89. The van der Waals surface area contributed by atoms with Crippen molar-refractivity contribution >= 4 is 5.97 Å². The number of methoxy groups -OCH3 is 1. The van der Waals surface area contributed by atoms with Crippen LogP contribution >= 0.6 is 0 Å². The largest absolute Gasteiger partial charge is 0.457 e. The van der Waals surface area contributed by atoms with Gasteiger partial charge in [0.2, 0.25) is 0 Å². The molecule has 20 heavy (non-hydrogen) atoms. The molecule has 0 N–H and O–H groups in total. The maximum Gasteiger partial charge on any atom is 0.338 e. The first kappa shape index (κ1) is 14.3. The van der Waals surface area contributed by atoms with Crippen molar-refractivity contribution in [2.24, 2.45) is 0 Å². The highest BCUT2D eigenvalue weighted by atomic mass is 16.5. The molecule has 5 nitrogen and oxygen atoms in total. The van der Waals surface area contributed by atoms with Crippen LogP contribution in [0.4, 0.5) is 0 Å². The Morgan fingerprint density at radius 1 is 1.35 bits per heavy atom. The topological polar surface area (TPSA) is 53.4 Å². The number of esters is 1. The van der Waals surface area contributed by atoms with Gasteiger partial charge in [0.15, 0.2) is 0 Å². The molecule has 2 aromatic rings. The summed E-state index contributed by atoms with van der Waals surface area (Å²) in [6, 6.07) is 9.05. The summed E-state index contributed by atoms with van der Waals surface area (Å²) in [4.78, 5) is 12.0. The van der Waals surface area contributed by atoms with E-state index in [1.807, 2.05) is 31.3 Å². The van der Waals surface area contributed by atoms with Crippen LogP contribution in [0.15, 0.2) is 42.7 Å². The lowest BCUT2D eigenvalue weighted by Crippen LogP contribution is -2.21. The van der Waals surface area contributed by atoms with E-state index in [-0.39, 0.29) is 12.1 Å². The molecule has 0 aliphatic heterocycles. The van der Waals surface area contributed by atoms with Crippen molar-refractivity contribution in [2.45, 2.75) is 26.2 Å². The van der Waals surface area contributed by atoms with Gasteiger partial charge in [-0.3, -0.25) is 4.68 Å². The van der Waals surface area contributed by atoms with Crippen LogP contribution in [0.5, 0.6) is 0 Å². The Balaban J connectivity index is 1.90.